The Balaban J connectivity index is 2.73. The molecule has 1 amide bonds. The maximum Gasteiger partial charge on any atom is 0.239 e. The van der Waals surface area contributed by atoms with Crippen LogP contribution in [0.4, 0.5) is 5.69 Å². The summed E-state index contributed by atoms with van der Waals surface area (Å²) in [5, 5.41) is 0. The fourth-order valence-electron chi connectivity index (χ4n) is 1.75. The van der Waals surface area contributed by atoms with Crippen LogP contribution in [0.5, 0.6) is 0 Å². The molecule has 0 radical (unpaired) electrons. The molecule has 1 aromatic rings. The lowest BCUT2D eigenvalue weighted by Gasteiger charge is -2.23. The van der Waals surface area contributed by atoms with Crippen molar-refractivity contribution in [1.82, 2.24) is 4.90 Å². The molecule has 1 atom stereocenters. The van der Waals surface area contributed by atoms with E-state index in [1.165, 1.54) is 0 Å². The summed E-state index contributed by atoms with van der Waals surface area (Å²) in [6, 6.07) is 7.77. The average molecular weight is 249 g/mol. The van der Waals surface area contributed by atoms with Gasteiger partial charge in [-0.05, 0) is 31.5 Å². The Morgan fingerprint density at radius 2 is 1.83 bits per heavy atom. The molecule has 0 heterocycles. The van der Waals surface area contributed by atoms with Crippen LogP contribution in [0.2, 0.25) is 0 Å². The lowest BCUT2D eigenvalue weighted by Crippen LogP contribution is -2.41. The van der Waals surface area contributed by atoms with Crippen LogP contribution in [0.1, 0.15) is 19.4 Å². The zero-order valence-corrected chi connectivity index (χ0v) is 11.7. The third kappa shape index (κ3) is 3.74. The number of amides is 1. The van der Waals surface area contributed by atoms with E-state index in [1.54, 1.807) is 11.8 Å². The summed E-state index contributed by atoms with van der Waals surface area (Å²) in [6.45, 7) is 4.98. The number of rotatable bonds is 5. The molecule has 0 spiro atoms. The number of anilines is 1. The number of likely N-dealkylation sites (N-methyl/N-ethyl adjacent to an activating group) is 1. The Bertz CT molecular complexity index is 385. The van der Waals surface area contributed by atoms with Crippen molar-refractivity contribution < 1.29 is 4.79 Å². The number of carbonyl (C=O) groups excluding carboxylic acids is 1. The SMILES string of the molecule is CCN(Cc1ccc(N(C)C)cc1)C(=O)C(C)N. The Kier molecular flexibility index (Phi) is 5.16. The second kappa shape index (κ2) is 6.40. The Hall–Kier alpha value is -1.55. The van der Waals surface area contributed by atoms with Gasteiger partial charge in [0.15, 0.2) is 0 Å². The molecule has 0 aliphatic rings. The predicted molar refractivity (Wildman–Crippen MR) is 75.5 cm³/mol. The predicted octanol–water partition coefficient (Wildman–Crippen LogP) is 1.45. The smallest absolute Gasteiger partial charge is 0.239 e. The summed E-state index contributed by atoms with van der Waals surface area (Å²) in [5.74, 6) is -0.00538. The third-order valence-electron chi connectivity index (χ3n) is 2.91. The molecule has 4 nitrogen and oxygen atoms in total. The minimum Gasteiger partial charge on any atom is -0.378 e. The van der Waals surface area contributed by atoms with E-state index < -0.39 is 6.04 Å². The summed E-state index contributed by atoms with van der Waals surface area (Å²) < 4.78 is 0. The van der Waals surface area contributed by atoms with Gasteiger partial charge in [-0.3, -0.25) is 4.79 Å². The van der Waals surface area contributed by atoms with Crippen molar-refractivity contribution in [2.45, 2.75) is 26.4 Å². The highest BCUT2D eigenvalue weighted by atomic mass is 16.2. The topological polar surface area (TPSA) is 49.6 Å². The van der Waals surface area contributed by atoms with E-state index in [9.17, 15) is 4.79 Å². The molecule has 2 N–H and O–H groups in total. The molecule has 0 aromatic heterocycles. The number of hydrogen-bond donors (Lipinski definition) is 1. The third-order valence-corrected chi connectivity index (χ3v) is 2.91. The zero-order valence-electron chi connectivity index (χ0n) is 11.7. The lowest BCUT2D eigenvalue weighted by atomic mass is 10.1. The molecular weight excluding hydrogens is 226 g/mol. The van der Waals surface area contributed by atoms with Gasteiger partial charge in [-0.2, -0.15) is 0 Å². The van der Waals surface area contributed by atoms with Gasteiger partial charge in [0, 0.05) is 32.9 Å². The summed E-state index contributed by atoms with van der Waals surface area (Å²) in [7, 11) is 4.01. The molecule has 0 bridgehead atoms. The molecule has 1 rings (SSSR count). The van der Waals surface area contributed by atoms with Crippen molar-refractivity contribution in [3.05, 3.63) is 29.8 Å². The monoisotopic (exact) mass is 249 g/mol. The van der Waals surface area contributed by atoms with Gasteiger partial charge in [0.25, 0.3) is 0 Å². The Labute approximate surface area is 109 Å². The van der Waals surface area contributed by atoms with Crippen LogP contribution in [0, 0.1) is 0 Å². The number of carbonyl (C=O) groups is 1. The van der Waals surface area contributed by atoms with Crippen molar-refractivity contribution in [3.63, 3.8) is 0 Å². The van der Waals surface area contributed by atoms with Crippen molar-refractivity contribution in [3.8, 4) is 0 Å². The highest BCUT2D eigenvalue weighted by molar-refractivity contribution is 5.81. The van der Waals surface area contributed by atoms with Crippen LogP contribution in [-0.2, 0) is 11.3 Å². The van der Waals surface area contributed by atoms with Crippen LogP contribution in [0.25, 0.3) is 0 Å². The van der Waals surface area contributed by atoms with Gasteiger partial charge >= 0.3 is 0 Å². The maximum absolute atomic E-state index is 11.8. The second-order valence-electron chi connectivity index (χ2n) is 4.70. The summed E-state index contributed by atoms with van der Waals surface area (Å²) in [4.78, 5) is 15.7. The summed E-state index contributed by atoms with van der Waals surface area (Å²) in [6.07, 6.45) is 0. The van der Waals surface area contributed by atoms with Gasteiger partial charge in [-0.15, -0.1) is 0 Å². The first-order valence-electron chi connectivity index (χ1n) is 6.26. The van der Waals surface area contributed by atoms with Gasteiger partial charge in [0.1, 0.15) is 0 Å². The first-order chi connectivity index (χ1) is 8.45. The van der Waals surface area contributed by atoms with Gasteiger partial charge in [0.2, 0.25) is 5.91 Å². The number of hydrogen-bond acceptors (Lipinski definition) is 3. The van der Waals surface area contributed by atoms with Crippen LogP contribution in [0.3, 0.4) is 0 Å². The zero-order chi connectivity index (χ0) is 13.7. The standard InChI is InChI=1S/C14H23N3O/c1-5-17(14(18)11(2)15)10-12-6-8-13(9-7-12)16(3)4/h6-9,11H,5,10,15H2,1-4H3. The van der Waals surface area contributed by atoms with Gasteiger partial charge in [-0.1, -0.05) is 12.1 Å². The van der Waals surface area contributed by atoms with Crippen molar-refractivity contribution in [1.29, 1.82) is 0 Å². The van der Waals surface area contributed by atoms with E-state index in [2.05, 4.69) is 17.0 Å². The number of nitrogens with two attached hydrogens (primary N) is 1. The van der Waals surface area contributed by atoms with Crippen LogP contribution < -0.4 is 10.6 Å². The number of nitrogens with zero attached hydrogens (tertiary/aromatic N) is 2. The Morgan fingerprint density at radius 3 is 2.22 bits per heavy atom. The second-order valence-corrected chi connectivity index (χ2v) is 4.70. The highest BCUT2D eigenvalue weighted by Crippen LogP contribution is 2.14. The molecule has 4 heteroatoms. The van der Waals surface area contributed by atoms with Gasteiger partial charge in [-0.25, -0.2) is 0 Å². The van der Waals surface area contributed by atoms with E-state index in [4.69, 9.17) is 5.73 Å². The van der Waals surface area contributed by atoms with Crippen molar-refractivity contribution >= 4 is 11.6 Å². The van der Waals surface area contributed by atoms with Crippen LogP contribution in [-0.4, -0.2) is 37.5 Å². The molecule has 1 unspecified atom stereocenters. The fourth-order valence-corrected chi connectivity index (χ4v) is 1.75. The molecular formula is C14H23N3O. The van der Waals surface area contributed by atoms with Crippen LogP contribution in [0.15, 0.2) is 24.3 Å². The summed E-state index contributed by atoms with van der Waals surface area (Å²) in [5.41, 5.74) is 7.91. The van der Waals surface area contributed by atoms with E-state index in [0.29, 0.717) is 13.1 Å². The van der Waals surface area contributed by atoms with Crippen molar-refractivity contribution in [2.24, 2.45) is 5.73 Å². The molecule has 0 saturated heterocycles. The molecule has 100 valence electrons. The molecule has 18 heavy (non-hydrogen) atoms. The Morgan fingerprint density at radius 1 is 1.28 bits per heavy atom. The quantitative estimate of drug-likeness (QED) is 0.859. The van der Waals surface area contributed by atoms with E-state index >= 15 is 0 Å². The van der Waals surface area contributed by atoms with Gasteiger partial charge in [0.05, 0.1) is 6.04 Å². The number of benzene rings is 1. The van der Waals surface area contributed by atoms with Crippen molar-refractivity contribution in [2.75, 3.05) is 25.5 Å². The van der Waals surface area contributed by atoms with Gasteiger partial charge < -0.3 is 15.5 Å². The molecule has 0 saturated carbocycles. The van der Waals surface area contributed by atoms with E-state index in [1.807, 2.05) is 33.2 Å². The van der Waals surface area contributed by atoms with E-state index in [0.717, 1.165) is 11.3 Å². The lowest BCUT2D eigenvalue weighted by molar-refractivity contribution is -0.132. The first-order valence-corrected chi connectivity index (χ1v) is 6.26. The normalized spacial score (nSPS) is 12.1. The van der Waals surface area contributed by atoms with E-state index in [-0.39, 0.29) is 5.91 Å². The molecule has 0 aliphatic carbocycles. The largest absolute Gasteiger partial charge is 0.378 e. The van der Waals surface area contributed by atoms with Crippen LogP contribution >= 0.6 is 0 Å². The average Bonchev–Trinajstić information content (AvgIpc) is 2.35. The minimum absolute atomic E-state index is 0.00538. The molecule has 0 aliphatic heterocycles. The molecule has 1 aromatic carbocycles. The first kappa shape index (κ1) is 14.5. The summed E-state index contributed by atoms with van der Waals surface area (Å²) >= 11 is 0. The highest BCUT2D eigenvalue weighted by Gasteiger charge is 2.15. The fraction of sp³-hybridized carbons (Fsp3) is 0.500. The minimum atomic E-state index is -0.439. The maximum atomic E-state index is 11.8. The molecule has 0 fully saturated rings.